The molecule has 11 heteroatoms. The average Bonchev–Trinajstić information content (AvgIpc) is 3.28. The Balaban J connectivity index is 1.46. The second-order valence-corrected chi connectivity index (χ2v) is 6.17. The van der Waals surface area contributed by atoms with Gasteiger partial charge in [0.25, 0.3) is 0 Å². The molecule has 0 radical (unpaired) electrons. The Morgan fingerprint density at radius 1 is 1.46 bits per heavy atom. The number of furan rings is 1. The zero-order valence-electron chi connectivity index (χ0n) is 13.1. The van der Waals surface area contributed by atoms with Gasteiger partial charge >= 0.3 is 0 Å². The van der Waals surface area contributed by atoms with Gasteiger partial charge < -0.3 is 9.73 Å². The van der Waals surface area contributed by atoms with Crippen LogP contribution in [0.4, 0.5) is 16.0 Å². The molecule has 3 rings (SSSR count). The Kier molecular flexibility index (Phi) is 5.87. The van der Waals surface area contributed by atoms with Gasteiger partial charge in [-0.05, 0) is 30.3 Å². The molecule has 0 aliphatic heterocycles. The zero-order chi connectivity index (χ0) is 18.4. The number of anilines is 2. The van der Waals surface area contributed by atoms with Crippen molar-refractivity contribution in [1.29, 1.82) is 0 Å². The number of nitrogens with one attached hydrogen (secondary N) is 3. The third-order valence-corrected chi connectivity index (χ3v) is 4.04. The van der Waals surface area contributed by atoms with E-state index in [1.807, 2.05) is 0 Å². The van der Waals surface area contributed by atoms with Crippen molar-refractivity contribution in [3.63, 3.8) is 0 Å². The monoisotopic (exact) mass is 394 g/mol. The second-order valence-electron chi connectivity index (χ2n) is 4.82. The maximum absolute atomic E-state index is 13.1. The number of hydrogen-bond acceptors (Lipinski definition) is 7. The van der Waals surface area contributed by atoms with Gasteiger partial charge in [0, 0.05) is 5.69 Å². The molecule has 0 aliphatic rings. The molecule has 0 saturated carbocycles. The first-order chi connectivity index (χ1) is 12.6. The lowest BCUT2D eigenvalue weighted by Crippen LogP contribution is -2.14. The minimum absolute atomic E-state index is 0.0600. The van der Waals surface area contributed by atoms with E-state index in [1.54, 1.807) is 12.1 Å². The normalized spacial score (nSPS) is 11.0. The van der Waals surface area contributed by atoms with Crippen molar-refractivity contribution < 1.29 is 13.6 Å². The highest BCUT2D eigenvalue weighted by molar-refractivity contribution is 7.99. The SMILES string of the molecule is O=C(CSc1n[nH]c(N/N=C\c2ccco2)n1)Nc1ccc(F)c(Cl)c1. The van der Waals surface area contributed by atoms with Gasteiger partial charge in [0.2, 0.25) is 17.0 Å². The van der Waals surface area contributed by atoms with Gasteiger partial charge in [0.05, 0.1) is 23.3 Å². The number of halogens is 2. The predicted octanol–water partition coefficient (Wildman–Crippen LogP) is 3.37. The van der Waals surface area contributed by atoms with Crippen molar-refractivity contribution in [1.82, 2.24) is 15.2 Å². The summed E-state index contributed by atoms with van der Waals surface area (Å²) in [4.78, 5) is 16.0. The van der Waals surface area contributed by atoms with Gasteiger partial charge in [0.15, 0.2) is 0 Å². The summed E-state index contributed by atoms with van der Waals surface area (Å²) in [6, 6.07) is 7.44. The van der Waals surface area contributed by atoms with E-state index in [2.05, 4.69) is 31.0 Å². The topological polar surface area (TPSA) is 108 Å². The van der Waals surface area contributed by atoms with E-state index in [1.165, 1.54) is 30.7 Å². The van der Waals surface area contributed by atoms with Crippen LogP contribution in [0.2, 0.25) is 5.02 Å². The molecule has 1 amide bonds. The fraction of sp³-hybridized carbons (Fsp3) is 0.0667. The zero-order valence-corrected chi connectivity index (χ0v) is 14.6. The van der Waals surface area contributed by atoms with E-state index in [0.29, 0.717) is 22.6 Å². The molecule has 1 aromatic carbocycles. The first-order valence-corrected chi connectivity index (χ1v) is 8.59. The summed E-state index contributed by atoms with van der Waals surface area (Å²) >= 11 is 6.79. The molecular formula is C15H12ClFN6O2S. The number of aromatic amines is 1. The van der Waals surface area contributed by atoms with Crippen molar-refractivity contribution in [2.75, 3.05) is 16.5 Å². The summed E-state index contributed by atoms with van der Waals surface area (Å²) in [5.74, 6) is 0.134. The molecule has 0 unspecified atom stereocenters. The smallest absolute Gasteiger partial charge is 0.240 e. The average molecular weight is 395 g/mol. The largest absolute Gasteiger partial charge is 0.463 e. The number of H-pyrrole nitrogens is 1. The number of amides is 1. The Morgan fingerprint density at radius 3 is 3.12 bits per heavy atom. The Morgan fingerprint density at radius 2 is 2.35 bits per heavy atom. The first kappa shape index (κ1) is 18.0. The molecule has 0 saturated heterocycles. The first-order valence-electron chi connectivity index (χ1n) is 7.23. The van der Waals surface area contributed by atoms with Gasteiger partial charge in [0.1, 0.15) is 11.6 Å². The number of aromatic nitrogens is 3. The molecule has 0 atom stereocenters. The lowest BCUT2D eigenvalue weighted by atomic mass is 10.3. The van der Waals surface area contributed by atoms with Gasteiger partial charge in [-0.2, -0.15) is 10.1 Å². The van der Waals surface area contributed by atoms with Crippen LogP contribution < -0.4 is 10.7 Å². The number of nitrogens with zero attached hydrogens (tertiary/aromatic N) is 3. The quantitative estimate of drug-likeness (QED) is 0.322. The molecule has 0 spiro atoms. The highest BCUT2D eigenvalue weighted by Gasteiger charge is 2.09. The summed E-state index contributed by atoms with van der Waals surface area (Å²) < 4.78 is 18.2. The van der Waals surface area contributed by atoms with E-state index < -0.39 is 5.82 Å². The van der Waals surface area contributed by atoms with Gasteiger partial charge in [-0.1, -0.05) is 23.4 Å². The van der Waals surface area contributed by atoms with Crippen molar-refractivity contribution >= 4 is 47.1 Å². The number of hydrazone groups is 1. The van der Waals surface area contributed by atoms with E-state index >= 15 is 0 Å². The number of benzene rings is 1. The molecule has 0 aliphatic carbocycles. The van der Waals surface area contributed by atoms with Crippen LogP contribution in [-0.4, -0.2) is 33.1 Å². The minimum Gasteiger partial charge on any atom is -0.463 e. The third-order valence-electron chi connectivity index (χ3n) is 2.91. The molecule has 26 heavy (non-hydrogen) atoms. The van der Waals surface area contributed by atoms with Crippen molar-refractivity contribution in [3.05, 3.63) is 53.2 Å². The lowest BCUT2D eigenvalue weighted by Gasteiger charge is -2.04. The summed E-state index contributed by atoms with van der Waals surface area (Å²) in [6.07, 6.45) is 3.02. The summed E-state index contributed by atoms with van der Waals surface area (Å²) in [5.41, 5.74) is 3.07. The van der Waals surface area contributed by atoms with Crippen molar-refractivity contribution in [2.45, 2.75) is 5.16 Å². The van der Waals surface area contributed by atoms with Crippen LogP contribution in [0.5, 0.6) is 0 Å². The van der Waals surface area contributed by atoms with E-state index in [9.17, 15) is 9.18 Å². The molecule has 2 aromatic heterocycles. The molecule has 3 N–H and O–H groups in total. The van der Waals surface area contributed by atoms with Crippen LogP contribution in [0, 0.1) is 5.82 Å². The molecule has 0 bridgehead atoms. The standard InChI is InChI=1S/C15H12ClFN6O2S/c16-11-6-9(3-4-12(11)17)19-13(24)8-26-15-20-14(22-23-15)21-18-7-10-2-1-5-25-10/h1-7H,8H2,(H,19,24)(H2,20,21,22,23)/b18-7-. The molecule has 134 valence electrons. The number of carbonyl (C=O) groups excluding carboxylic acids is 1. The van der Waals surface area contributed by atoms with Gasteiger partial charge in [-0.15, -0.1) is 5.10 Å². The highest BCUT2D eigenvalue weighted by Crippen LogP contribution is 2.20. The van der Waals surface area contributed by atoms with Crippen LogP contribution in [0.3, 0.4) is 0 Å². The minimum atomic E-state index is -0.547. The third kappa shape index (κ3) is 5.07. The summed E-state index contributed by atoms with van der Waals surface area (Å²) in [7, 11) is 0. The van der Waals surface area contributed by atoms with Gasteiger partial charge in [-0.25, -0.2) is 14.9 Å². The fourth-order valence-electron chi connectivity index (χ4n) is 1.78. The fourth-order valence-corrected chi connectivity index (χ4v) is 2.56. The maximum Gasteiger partial charge on any atom is 0.240 e. The van der Waals surface area contributed by atoms with E-state index in [-0.39, 0.29) is 16.7 Å². The highest BCUT2D eigenvalue weighted by atomic mass is 35.5. The molecular weight excluding hydrogens is 383 g/mol. The van der Waals surface area contributed by atoms with Crippen LogP contribution in [-0.2, 0) is 4.79 Å². The number of hydrogen-bond donors (Lipinski definition) is 3. The van der Waals surface area contributed by atoms with Crippen molar-refractivity contribution in [3.8, 4) is 0 Å². The number of thioether (sulfide) groups is 1. The lowest BCUT2D eigenvalue weighted by molar-refractivity contribution is -0.113. The molecule has 3 aromatic rings. The number of rotatable bonds is 7. The molecule has 0 fully saturated rings. The van der Waals surface area contributed by atoms with Crippen molar-refractivity contribution in [2.24, 2.45) is 5.10 Å². The molecule has 8 nitrogen and oxygen atoms in total. The van der Waals surface area contributed by atoms with Crippen LogP contribution >= 0.6 is 23.4 Å². The van der Waals surface area contributed by atoms with Crippen LogP contribution in [0.15, 0.2) is 51.3 Å². The van der Waals surface area contributed by atoms with Crippen LogP contribution in [0.1, 0.15) is 5.76 Å². The van der Waals surface area contributed by atoms with E-state index in [4.69, 9.17) is 16.0 Å². The van der Waals surface area contributed by atoms with E-state index in [0.717, 1.165) is 11.8 Å². The van der Waals surface area contributed by atoms with Gasteiger partial charge in [-0.3, -0.25) is 4.79 Å². The predicted molar refractivity (Wildman–Crippen MR) is 97.1 cm³/mol. The Hall–Kier alpha value is -2.85. The summed E-state index contributed by atoms with van der Waals surface area (Å²) in [5, 5.41) is 13.4. The van der Waals surface area contributed by atoms with Crippen LogP contribution in [0.25, 0.3) is 0 Å². The maximum atomic E-state index is 13.1. The molecule has 2 heterocycles. The second kappa shape index (κ2) is 8.50. The summed E-state index contributed by atoms with van der Waals surface area (Å²) in [6.45, 7) is 0. The Bertz CT molecular complexity index is 915. The Labute approximate surface area is 156 Å². The number of carbonyl (C=O) groups is 1.